The predicted octanol–water partition coefficient (Wildman–Crippen LogP) is 3.98. The van der Waals surface area contributed by atoms with Gasteiger partial charge in [0.1, 0.15) is 0 Å². The first-order valence-corrected chi connectivity index (χ1v) is 12.7. The number of rotatable bonds is 7. The van der Waals surface area contributed by atoms with Gasteiger partial charge in [0.15, 0.2) is 17.6 Å². The summed E-state index contributed by atoms with van der Waals surface area (Å²) in [6.07, 6.45) is 5.70. The summed E-state index contributed by atoms with van der Waals surface area (Å²) in [5.74, 6) is 1.18. The van der Waals surface area contributed by atoms with E-state index in [1.807, 2.05) is 29.2 Å². The Morgan fingerprint density at radius 2 is 1.83 bits per heavy atom. The fourth-order valence-electron chi connectivity index (χ4n) is 5.47. The van der Waals surface area contributed by atoms with E-state index in [2.05, 4.69) is 29.2 Å². The Hall–Kier alpha value is -3.22. The van der Waals surface area contributed by atoms with Gasteiger partial charge in [-0.25, -0.2) is 0 Å². The van der Waals surface area contributed by atoms with Crippen LogP contribution in [0.2, 0.25) is 0 Å². The van der Waals surface area contributed by atoms with Gasteiger partial charge in [-0.3, -0.25) is 9.59 Å². The molecule has 186 valence electrons. The minimum Gasteiger partial charge on any atom is -0.493 e. The molecule has 1 amide bonds. The number of carbonyl (C=O) groups excluding carboxylic acids is 2. The number of ether oxygens (including phenoxy) is 3. The highest BCUT2D eigenvalue weighted by atomic mass is 16.6. The Kier molecular flexibility index (Phi) is 7.11. The summed E-state index contributed by atoms with van der Waals surface area (Å²) in [6, 6.07) is 16.3. The maximum Gasteiger partial charge on any atom is 0.306 e. The van der Waals surface area contributed by atoms with Crippen molar-refractivity contribution >= 4 is 17.6 Å². The van der Waals surface area contributed by atoms with Crippen molar-refractivity contribution in [1.82, 2.24) is 4.90 Å². The van der Waals surface area contributed by atoms with E-state index in [4.69, 9.17) is 14.2 Å². The van der Waals surface area contributed by atoms with Gasteiger partial charge in [-0.05, 0) is 49.8 Å². The van der Waals surface area contributed by atoms with Crippen LogP contribution < -0.4 is 14.4 Å². The van der Waals surface area contributed by atoms with Gasteiger partial charge in [0, 0.05) is 44.2 Å². The molecule has 1 saturated carbocycles. The van der Waals surface area contributed by atoms with Crippen LogP contribution >= 0.6 is 0 Å². The molecule has 2 atom stereocenters. The summed E-state index contributed by atoms with van der Waals surface area (Å²) < 4.78 is 17.2. The monoisotopic (exact) mass is 478 g/mol. The second kappa shape index (κ2) is 10.6. The maximum atomic E-state index is 13.3. The second-order valence-electron chi connectivity index (χ2n) is 9.70. The number of benzene rings is 2. The number of anilines is 1. The zero-order valence-electron chi connectivity index (χ0n) is 20.4. The minimum absolute atomic E-state index is 0.0285. The molecule has 0 radical (unpaired) electrons. The highest BCUT2D eigenvalue weighted by molar-refractivity contribution is 5.87. The van der Waals surface area contributed by atoms with Crippen LogP contribution in [-0.2, 0) is 20.7 Å². The van der Waals surface area contributed by atoms with E-state index in [0.717, 1.165) is 36.4 Å². The SMILES string of the molecule is COc1ccc(N2CCN(C(=O)[C@@H]3CCC(=O)O3)[C@@H](Cc3ccccc3)C2)cc1OC1CCCC1. The Morgan fingerprint density at radius 1 is 1.03 bits per heavy atom. The molecule has 2 saturated heterocycles. The fourth-order valence-corrected chi connectivity index (χ4v) is 5.47. The fraction of sp³-hybridized carbons (Fsp3) is 0.500. The third-order valence-electron chi connectivity index (χ3n) is 7.35. The van der Waals surface area contributed by atoms with E-state index in [0.29, 0.717) is 32.5 Å². The third-order valence-corrected chi connectivity index (χ3v) is 7.35. The summed E-state index contributed by atoms with van der Waals surface area (Å²) in [6.45, 7) is 1.97. The molecule has 5 rings (SSSR count). The molecule has 3 aliphatic rings. The van der Waals surface area contributed by atoms with Gasteiger partial charge in [0.25, 0.3) is 5.91 Å². The summed E-state index contributed by atoms with van der Waals surface area (Å²) in [5.41, 5.74) is 2.25. The lowest BCUT2D eigenvalue weighted by Crippen LogP contribution is -2.58. The molecule has 0 bridgehead atoms. The van der Waals surface area contributed by atoms with Crippen molar-refractivity contribution < 1.29 is 23.8 Å². The van der Waals surface area contributed by atoms with E-state index in [1.165, 1.54) is 18.4 Å². The van der Waals surface area contributed by atoms with Crippen molar-refractivity contribution in [2.45, 2.75) is 63.2 Å². The van der Waals surface area contributed by atoms with Crippen molar-refractivity contribution in [2.24, 2.45) is 0 Å². The molecular weight excluding hydrogens is 444 g/mol. The molecule has 7 nitrogen and oxygen atoms in total. The van der Waals surface area contributed by atoms with E-state index < -0.39 is 6.10 Å². The van der Waals surface area contributed by atoms with Gasteiger partial charge >= 0.3 is 5.97 Å². The van der Waals surface area contributed by atoms with Crippen LogP contribution in [-0.4, -0.2) is 61.8 Å². The number of cyclic esters (lactones) is 1. The highest BCUT2D eigenvalue weighted by Gasteiger charge is 2.38. The van der Waals surface area contributed by atoms with E-state index in [9.17, 15) is 9.59 Å². The standard InChI is InChI=1S/C28H34N2O5/c1-33-24-12-11-21(18-26(24)34-23-9-5-6-10-23)29-15-16-30(28(32)25-13-14-27(31)35-25)22(19-29)17-20-7-3-2-4-8-20/h2-4,7-8,11-12,18,22-23,25H,5-6,9-10,13-17,19H2,1H3/t22-,25-/m0/s1. The Bertz CT molecular complexity index is 1040. The number of esters is 1. The molecule has 3 fully saturated rings. The molecule has 0 aromatic heterocycles. The molecule has 2 aromatic carbocycles. The van der Waals surface area contributed by atoms with Crippen LogP contribution in [0.1, 0.15) is 44.1 Å². The molecule has 0 N–H and O–H groups in total. The molecule has 2 aliphatic heterocycles. The van der Waals surface area contributed by atoms with Gasteiger partial charge in [0.2, 0.25) is 0 Å². The average molecular weight is 479 g/mol. The van der Waals surface area contributed by atoms with Crippen molar-refractivity contribution in [3.05, 3.63) is 54.1 Å². The first kappa shape index (κ1) is 23.5. The first-order valence-electron chi connectivity index (χ1n) is 12.7. The van der Waals surface area contributed by atoms with Gasteiger partial charge in [-0.15, -0.1) is 0 Å². The molecule has 0 unspecified atom stereocenters. The van der Waals surface area contributed by atoms with Crippen molar-refractivity contribution in [2.75, 3.05) is 31.6 Å². The zero-order chi connectivity index (χ0) is 24.2. The number of hydrogen-bond donors (Lipinski definition) is 0. The van der Waals surface area contributed by atoms with Crippen molar-refractivity contribution in [3.63, 3.8) is 0 Å². The number of hydrogen-bond acceptors (Lipinski definition) is 6. The van der Waals surface area contributed by atoms with Crippen LogP contribution in [0, 0.1) is 0 Å². The molecular formula is C28H34N2O5. The summed E-state index contributed by atoms with van der Waals surface area (Å²) in [4.78, 5) is 29.2. The third kappa shape index (κ3) is 5.39. The average Bonchev–Trinajstić information content (AvgIpc) is 3.56. The van der Waals surface area contributed by atoms with E-state index >= 15 is 0 Å². The van der Waals surface area contributed by atoms with Crippen LogP contribution in [0.3, 0.4) is 0 Å². The van der Waals surface area contributed by atoms with Crippen LogP contribution in [0.4, 0.5) is 5.69 Å². The predicted molar refractivity (Wildman–Crippen MR) is 133 cm³/mol. The van der Waals surface area contributed by atoms with E-state index in [1.54, 1.807) is 7.11 Å². The highest BCUT2D eigenvalue weighted by Crippen LogP contribution is 2.36. The second-order valence-corrected chi connectivity index (χ2v) is 9.70. The Labute approximate surface area is 206 Å². The van der Waals surface area contributed by atoms with Gasteiger partial charge in [-0.2, -0.15) is 0 Å². The topological polar surface area (TPSA) is 68.3 Å². The lowest BCUT2D eigenvalue weighted by Gasteiger charge is -2.43. The molecule has 2 heterocycles. The maximum absolute atomic E-state index is 13.3. The molecule has 35 heavy (non-hydrogen) atoms. The summed E-state index contributed by atoms with van der Waals surface area (Å²) >= 11 is 0. The molecule has 0 spiro atoms. The smallest absolute Gasteiger partial charge is 0.306 e. The summed E-state index contributed by atoms with van der Waals surface area (Å²) in [7, 11) is 1.67. The molecule has 2 aromatic rings. The van der Waals surface area contributed by atoms with Gasteiger partial charge in [0.05, 0.1) is 19.3 Å². The lowest BCUT2D eigenvalue weighted by atomic mass is 10.0. The summed E-state index contributed by atoms with van der Waals surface area (Å²) in [5, 5.41) is 0. The number of nitrogens with zero attached hydrogens (tertiary/aromatic N) is 2. The Balaban J connectivity index is 1.36. The zero-order valence-corrected chi connectivity index (χ0v) is 20.4. The van der Waals surface area contributed by atoms with Crippen LogP contribution in [0.25, 0.3) is 0 Å². The van der Waals surface area contributed by atoms with Gasteiger partial charge in [-0.1, -0.05) is 30.3 Å². The quantitative estimate of drug-likeness (QED) is 0.561. The largest absolute Gasteiger partial charge is 0.493 e. The molecule has 1 aliphatic carbocycles. The lowest BCUT2D eigenvalue weighted by molar-refractivity contribution is -0.154. The number of piperazine rings is 1. The van der Waals surface area contributed by atoms with Gasteiger partial charge < -0.3 is 24.0 Å². The van der Waals surface area contributed by atoms with Crippen LogP contribution in [0.5, 0.6) is 11.5 Å². The first-order chi connectivity index (χ1) is 17.1. The van der Waals surface area contributed by atoms with Crippen molar-refractivity contribution in [3.8, 4) is 11.5 Å². The normalized spacial score (nSPS) is 22.8. The van der Waals surface area contributed by atoms with Crippen molar-refractivity contribution in [1.29, 1.82) is 0 Å². The minimum atomic E-state index is -0.653. The number of carbonyl (C=O) groups is 2. The van der Waals surface area contributed by atoms with E-state index in [-0.39, 0.29) is 24.0 Å². The molecule has 7 heteroatoms. The van der Waals surface area contributed by atoms with Crippen LogP contribution in [0.15, 0.2) is 48.5 Å². The Morgan fingerprint density at radius 3 is 2.54 bits per heavy atom. The number of amides is 1. The number of methoxy groups -OCH3 is 1.